The lowest BCUT2D eigenvalue weighted by Gasteiger charge is -2.04. The van der Waals surface area contributed by atoms with Crippen LogP contribution in [0.5, 0.6) is 0 Å². The molecule has 3 nitrogen and oxygen atoms in total. The zero-order valence-corrected chi connectivity index (χ0v) is 7.16. The smallest absolute Gasteiger partial charge is 0.258 e. The Morgan fingerprint density at radius 1 is 1.54 bits per heavy atom. The zero-order valence-electron chi connectivity index (χ0n) is 7.16. The first-order valence-corrected chi connectivity index (χ1v) is 3.78. The van der Waals surface area contributed by atoms with Gasteiger partial charge in [0.2, 0.25) is 0 Å². The van der Waals surface area contributed by atoms with Gasteiger partial charge in [0.25, 0.3) is 5.69 Å². The minimum Gasteiger partial charge on any atom is -0.258 e. The Morgan fingerprint density at radius 3 is 2.62 bits per heavy atom. The van der Waals surface area contributed by atoms with Crippen molar-refractivity contribution in [2.45, 2.75) is 12.8 Å². The Balaban J connectivity index is 3.19. The van der Waals surface area contributed by atoms with Crippen LogP contribution in [0, 0.1) is 22.9 Å². The van der Waals surface area contributed by atoms with Gasteiger partial charge in [-0.25, -0.2) is 4.39 Å². The predicted molar refractivity (Wildman–Crippen MR) is 46.8 cm³/mol. The fourth-order valence-corrected chi connectivity index (χ4v) is 0.986. The normalized spacial score (nSPS) is 10.5. The molecule has 0 fully saturated rings. The first-order chi connectivity index (χ1) is 6.00. The highest BCUT2D eigenvalue weighted by Crippen LogP contribution is 2.21. The first kappa shape index (κ1) is 9.64. The number of nitrogens with zero attached hydrogens (tertiary/aromatic N) is 1. The first-order valence-electron chi connectivity index (χ1n) is 3.78. The van der Waals surface area contributed by atoms with Crippen molar-refractivity contribution < 1.29 is 9.31 Å². The summed E-state index contributed by atoms with van der Waals surface area (Å²) >= 11 is 0. The average Bonchev–Trinajstić information content (AvgIpc) is 2.03. The molecule has 69 valence electrons. The predicted octanol–water partition coefficient (Wildman–Crippen LogP) is 2.67. The van der Waals surface area contributed by atoms with Crippen molar-refractivity contribution in [1.29, 1.82) is 0 Å². The van der Waals surface area contributed by atoms with E-state index in [0.29, 0.717) is 5.56 Å². The van der Waals surface area contributed by atoms with Gasteiger partial charge in [-0.1, -0.05) is 6.92 Å². The van der Waals surface area contributed by atoms with Crippen molar-refractivity contribution in [3.63, 3.8) is 0 Å². The van der Waals surface area contributed by atoms with Crippen molar-refractivity contribution in [1.82, 2.24) is 0 Å². The average molecular weight is 182 g/mol. The molecule has 0 aliphatic heterocycles. The van der Waals surface area contributed by atoms with Crippen LogP contribution in [0.4, 0.5) is 10.1 Å². The molecule has 1 aromatic rings. The van der Waals surface area contributed by atoms with Gasteiger partial charge in [-0.15, -0.1) is 0 Å². The molecule has 0 spiro atoms. The van der Waals surface area contributed by atoms with E-state index in [0.717, 1.165) is 6.07 Å². The highest BCUT2D eigenvalue weighted by molar-refractivity contribution is 5.36. The SMILES string of the molecule is [CH2]C(C)c1cc(F)cc([N+](=O)[O-])c1. The maximum atomic E-state index is 12.8. The van der Waals surface area contributed by atoms with Crippen LogP contribution in [0.25, 0.3) is 0 Å². The lowest BCUT2D eigenvalue weighted by atomic mass is 10.0. The summed E-state index contributed by atoms with van der Waals surface area (Å²) in [5.41, 5.74) is 0.303. The number of nitro groups is 1. The molecule has 0 N–H and O–H groups in total. The Hall–Kier alpha value is -1.45. The number of hydrogen-bond acceptors (Lipinski definition) is 2. The van der Waals surface area contributed by atoms with E-state index in [2.05, 4.69) is 6.92 Å². The molecule has 0 heterocycles. The van der Waals surface area contributed by atoms with Crippen molar-refractivity contribution in [2.75, 3.05) is 0 Å². The largest absolute Gasteiger partial charge is 0.272 e. The molecule has 0 amide bonds. The van der Waals surface area contributed by atoms with Gasteiger partial charge < -0.3 is 0 Å². The number of nitro benzene ring substituents is 1. The quantitative estimate of drug-likeness (QED) is 0.521. The minimum atomic E-state index is -0.616. The summed E-state index contributed by atoms with van der Waals surface area (Å²) < 4.78 is 12.8. The molecule has 1 atom stereocenters. The van der Waals surface area contributed by atoms with E-state index in [1.54, 1.807) is 6.92 Å². The minimum absolute atomic E-state index is 0.158. The second-order valence-corrected chi connectivity index (χ2v) is 2.90. The number of benzene rings is 1. The molecule has 4 heteroatoms. The molecule has 0 saturated carbocycles. The van der Waals surface area contributed by atoms with Gasteiger partial charge in [0, 0.05) is 6.07 Å². The third-order valence-electron chi connectivity index (χ3n) is 1.68. The maximum absolute atomic E-state index is 12.8. The molecule has 1 radical (unpaired) electrons. The van der Waals surface area contributed by atoms with Gasteiger partial charge in [0.15, 0.2) is 0 Å². The summed E-state index contributed by atoms with van der Waals surface area (Å²) in [6, 6.07) is 3.48. The van der Waals surface area contributed by atoms with Crippen LogP contribution in [0.2, 0.25) is 0 Å². The van der Waals surface area contributed by atoms with Gasteiger partial charge in [0.1, 0.15) is 5.82 Å². The van der Waals surface area contributed by atoms with E-state index in [1.165, 1.54) is 12.1 Å². The number of halogens is 1. The molecule has 13 heavy (non-hydrogen) atoms. The Labute approximate surface area is 75.3 Å². The second-order valence-electron chi connectivity index (χ2n) is 2.90. The van der Waals surface area contributed by atoms with E-state index in [9.17, 15) is 14.5 Å². The van der Waals surface area contributed by atoms with Crippen LogP contribution in [0.3, 0.4) is 0 Å². The number of non-ortho nitro benzene ring substituents is 1. The van der Waals surface area contributed by atoms with E-state index in [4.69, 9.17) is 0 Å². The standard InChI is InChI=1S/C9H9FNO2/c1-6(2)7-3-8(10)5-9(4-7)11(12)13/h3-6H,1H2,2H3. The maximum Gasteiger partial charge on any atom is 0.272 e. The van der Waals surface area contributed by atoms with Crippen LogP contribution in [0.1, 0.15) is 18.4 Å². The fourth-order valence-electron chi connectivity index (χ4n) is 0.986. The Bertz CT molecular complexity index is 336. The molecule has 0 bridgehead atoms. The summed E-state index contributed by atoms with van der Waals surface area (Å²) in [5, 5.41) is 10.3. The molecular weight excluding hydrogens is 173 g/mol. The third-order valence-corrected chi connectivity index (χ3v) is 1.68. The molecule has 0 aliphatic rings. The molecule has 0 saturated heterocycles. The molecular formula is C9H9FNO2. The van der Waals surface area contributed by atoms with E-state index < -0.39 is 10.7 Å². The number of hydrogen-bond donors (Lipinski definition) is 0. The van der Waals surface area contributed by atoms with Crippen molar-refractivity contribution in [3.8, 4) is 0 Å². The van der Waals surface area contributed by atoms with E-state index in [-0.39, 0.29) is 11.6 Å². The Morgan fingerprint density at radius 2 is 2.15 bits per heavy atom. The molecule has 1 unspecified atom stereocenters. The van der Waals surface area contributed by atoms with Crippen LogP contribution in [-0.4, -0.2) is 4.92 Å². The molecule has 1 rings (SSSR count). The third kappa shape index (κ3) is 2.24. The van der Waals surface area contributed by atoms with Crippen molar-refractivity contribution in [2.24, 2.45) is 0 Å². The van der Waals surface area contributed by atoms with Crippen molar-refractivity contribution in [3.05, 3.63) is 46.6 Å². The topological polar surface area (TPSA) is 43.1 Å². The molecule has 1 aromatic carbocycles. The summed E-state index contributed by atoms with van der Waals surface area (Å²) in [6.07, 6.45) is 0. The molecule has 0 aliphatic carbocycles. The van der Waals surface area contributed by atoms with Gasteiger partial charge in [0.05, 0.1) is 11.0 Å². The number of rotatable bonds is 2. The summed E-state index contributed by atoms with van der Waals surface area (Å²) in [5.74, 6) is -0.755. The van der Waals surface area contributed by atoms with E-state index >= 15 is 0 Å². The van der Waals surface area contributed by atoms with Crippen LogP contribution >= 0.6 is 0 Å². The van der Waals surface area contributed by atoms with E-state index in [1.807, 2.05) is 0 Å². The van der Waals surface area contributed by atoms with Gasteiger partial charge >= 0.3 is 0 Å². The highest BCUT2D eigenvalue weighted by Gasteiger charge is 2.11. The van der Waals surface area contributed by atoms with Gasteiger partial charge in [-0.2, -0.15) is 0 Å². The van der Waals surface area contributed by atoms with Gasteiger partial charge in [-0.05, 0) is 24.5 Å². The summed E-state index contributed by atoms with van der Waals surface area (Å²) in [6.45, 7) is 5.41. The highest BCUT2D eigenvalue weighted by atomic mass is 19.1. The zero-order chi connectivity index (χ0) is 10.0. The van der Waals surface area contributed by atoms with Crippen LogP contribution in [0.15, 0.2) is 18.2 Å². The summed E-state index contributed by atoms with van der Waals surface area (Å²) in [7, 11) is 0. The van der Waals surface area contributed by atoms with Crippen molar-refractivity contribution >= 4 is 5.69 Å². The lowest BCUT2D eigenvalue weighted by molar-refractivity contribution is -0.385. The Kier molecular flexibility index (Phi) is 2.60. The van der Waals surface area contributed by atoms with Gasteiger partial charge in [-0.3, -0.25) is 10.1 Å². The monoisotopic (exact) mass is 182 g/mol. The van der Waals surface area contributed by atoms with Crippen LogP contribution < -0.4 is 0 Å². The molecule has 0 aromatic heterocycles. The fraction of sp³-hybridized carbons (Fsp3) is 0.222. The van der Waals surface area contributed by atoms with Crippen LogP contribution in [-0.2, 0) is 0 Å². The lowest BCUT2D eigenvalue weighted by Crippen LogP contribution is -1.94. The summed E-state index contributed by atoms with van der Waals surface area (Å²) in [4.78, 5) is 9.73. The second kappa shape index (κ2) is 3.51.